The monoisotopic (exact) mass is 307 g/mol. The van der Waals surface area contributed by atoms with E-state index in [9.17, 15) is 9.50 Å². The maximum atomic E-state index is 12.9. The SMILES string of the molecule is CCNC(=NCC(O)c1ccc(F)cc1)NC1CCCCC1. The van der Waals surface area contributed by atoms with Gasteiger partial charge in [-0.1, -0.05) is 31.4 Å². The zero-order valence-electron chi connectivity index (χ0n) is 13.2. The molecule has 1 fully saturated rings. The minimum Gasteiger partial charge on any atom is -0.386 e. The number of aliphatic hydroxyl groups is 1. The second kappa shape index (κ2) is 8.73. The van der Waals surface area contributed by atoms with Crippen molar-refractivity contribution < 1.29 is 9.50 Å². The second-order valence-electron chi connectivity index (χ2n) is 5.77. The summed E-state index contributed by atoms with van der Waals surface area (Å²) >= 11 is 0. The minimum absolute atomic E-state index is 0.258. The van der Waals surface area contributed by atoms with E-state index in [4.69, 9.17) is 0 Å². The van der Waals surface area contributed by atoms with Crippen molar-refractivity contribution in [2.45, 2.75) is 51.2 Å². The Kier molecular flexibility index (Phi) is 6.65. The fourth-order valence-electron chi connectivity index (χ4n) is 2.73. The number of aliphatic hydroxyl groups excluding tert-OH is 1. The first kappa shape index (κ1) is 16.7. The van der Waals surface area contributed by atoms with Crippen molar-refractivity contribution in [2.24, 2.45) is 4.99 Å². The summed E-state index contributed by atoms with van der Waals surface area (Å²) < 4.78 is 12.9. The maximum absolute atomic E-state index is 12.9. The van der Waals surface area contributed by atoms with Crippen molar-refractivity contribution in [3.8, 4) is 0 Å². The van der Waals surface area contributed by atoms with E-state index in [1.165, 1.54) is 44.2 Å². The van der Waals surface area contributed by atoms with Crippen LogP contribution in [0.15, 0.2) is 29.3 Å². The average molecular weight is 307 g/mol. The molecule has 3 N–H and O–H groups in total. The molecule has 0 heterocycles. The van der Waals surface area contributed by atoms with Crippen LogP contribution in [0, 0.1) is 5.82 Å². The highest BCUT2D eigenvalue weighted by atomic mass is 19.1. The van der Waals surface area contributed by atoms with Crippen molar-refractivity contribution in [1.82, 2.24) is 10.6 Å². The number of hydrogen-bond acceptors (Lipinski definition) is 2. The molecule has 0 spiro atoms. The first-order chi connectivity index (χ1) is 10.7. The summed E-state index contributed by atoms with van der Waals surface area (Å²) in [5, 5.41) is 16.8. The van der Waals surface area contributed by atoms with Crippen LogP contribution in [0.3, 0.4) is 0 Å². The van der Waals surface area contributed by atoms with Crippen molar-refractivity contribution in [1.29, 1.82) is 0 Å². The van der Waals surface area contributed by atoms with Crippen LogP contribution in [0.2, 0.25) is 0 Å². The minimum atomic E-state index is -0.720. The Morgan fingerprint density at radius 1 is 1.27 bits per heavy atom. The Balaban J connectivity index is 1.91. The Morgan fingerprint density at radius 3 is 2.59 bits per heavy atom. The molecule has 0 radical (unpaired) electrons. The van der Waals surface area contributed by atoms with Crippen molar-refractivity contribution in [2.75, 3.05) is 13.1 Å². The number of hydrogen-bond donors (Lipinski definition) is 3. The van der Waals surface area contributed by atoms with Gasteiger partial charge >= 0.3 is 0 Å². The van der Waals surface area contributed by atoms with Gasteiger partial charge in [-0.2, -0.15) is 0 Å². The molecule has 1 aliphatic carbocycles. The normalized spacial score (nSPS) is 18.0. The van der Waals surface area contributed by atoms with Gasteiger partial charge in [-0.3, -0.25) is 4.99 Å². The lowest BCUT2D eigenvalue weighted by molar-refractivity contribution is 0.187. The Bertz CT molecular complexity index is 469. The van der Waals surface area contributed by atoms with E-state index in [0.29, 0.717) is 11.6 Å². The summed E-state index contributed by atoms with van der Waals surface area (Å²) in [4.78, 5) is 4.46. The molecule has 122 valence electrons. The van der Waals surface area contributed by atoms with E-state index in [1.54, 1.807) is 12.1 Å². The first-order valence-corrected chi connectivity index (χ1v) is 8.17. The molecular weight excluding hydrogens is 281 g/mol. The summed E-state index contributed by atoms with van der Waals surface area (Å²) in [6, 6.07) is 6.37. The average Bonchev–Trinajstić information content (AvgIpc) is 2.54. The molecule has 1 atom stereocenters. The zero-order valence-corrected chi connectivity index (χ0v) is 13.2. The van der Waals surface area contributed by atoms with E-state index in [1.807, 2.05) is 6.92 Å². The lowest BCUT2D eigenvalue weighted by atomic mass is 9.96. The van der Waals surface area contributed by atoms with Crippen LogP contribution in [0.4, 0.5) is 4.39 Å². The molecule has 1 saturated carbocycles. The quantitative estimate of drug-likeness (QED) is 0.579. The smallest absolute Gasteiger partial charge is 0.191 e. The van der Waals surface area contributed by atoms with Crippen LogP contribution in [0.25, 0.3) is 0 Å². The summed E-state index contributed by atoms with van der Waals surface area (Å²) in [7, 11) is 0. The number of halogens is 1. The van der Waals surface area contributed by atoms with Crippen LogP contribution >= 0.6 is 0 Å². The van der Waals surface area contributed by atoms with Gasteiger partial charge in [0.05, 0.1) is 12.6 Å². The lowest BCUT2D eigenvalue weighted by Gasteiger charge is -2.25. The maximum Gasteiger partial charge on any atom is 0.191 e. The molecule has 1 unspecified atom stereocenters. The van der Waals surface area contributed by atoms with E-state index >= 15 is 0 Å². The molecule has 0 bridgehead atoms. The Morgan fingerprint density at radius 2 is 1.95 bits per heavy atom. The van der Waals surface area contributed by atoms with Crippen LogP contribution < -0.4 is 10.6 Å². The van der Waals surface area contributed by atoms with Gasteiger partial charge in [-0.25, -0.2) is 4.39 Å². The number of nitrogens with one attached hydrogen (secondary N) is 2. The molecule has 5 heteroatoms. The fraction of sp³-hybridized carbons (Fsp3) is 0.588. The first-order valence-electron chi connectivity index (χ1n) is 8.17. The summed E-state index contributed by atoms with van der Waals surface area (Å²) in [6.45, 7) is 3.06. The van der Waals surface area contributed by atoms with Crippen molar-refractivity contribution in [3.63, 3.8) is 0 Å². The van der Waals surface area contributed by atoms with Gasteiger partial charge in [0.15, 0.2) is 5.96 Å². The van der Waals surface area contributed by atoms with Gasteiger partial charge in [-0.05, 0) is 37.5 Å². The summed E-state index contributed by atoms with van der Waals surface area (Å²) in [5.74, 6) is 0.447. The van der Waals surface area contributed by atoms with Crippen molar-refractivity contribution >= 4 is 5.96 Å². The highest BCUT2D eigenvalue weighted by Crippen LogP contribution is 2.17. The number of aliphatic imine (C=N–C) groups is 1. The molecule has 2 rings (SSSR count). The number of benzene rings is 1. The van der Waals surface area contributed by atoms with E-state index in [-0.39, 0.29) is 12.4 Å². The standard InChI is InChI=1S/C17H26FN3O/c1-2-19-17(21-15-6-4-3-5-7-15)20-12-16(22)13-8-10-14(18)11-9-13/h8-11,15-16,22H,2-7,12H2,1H3,(H2,19,20,21). The molecule has 1 aromatic carbocycles. The largest absolute Gasteiger partial charge is 0.386 e. The van der Waals surface area contributed by atoms with Crippen LogP contribution in [0.5, 0.6) is 0 Å². The van der Waals surface area contributed by atoms with Gasteiger partial charge in [0.2, 0.25) is 0 Å². The summed E-state index contributed by atoms with van der Waals surface area (Å²) in [6.07, 6.45) is 5.46. The topological polar surface area (TPSA) is 56.7 Å². The number of nitrogens with zero attached hydrogens (tertiary/aromatic N) is 1. The molecule has 22 heavy (non-hydrogen) atoms. The fourth-order valence-corrected chi connectivity index (χ4v) is 2.73. The van der Waals surface area contributed by atoms with Crippen LogP contribution in [0.1, 0.15) is 50.7 Å². The summed E-state index contributed by atoms with van der Waals surface area (Å²) in [5.41, 5.74) is 0.679. The zero-order chi connectivity index (χ0) is 15.8. The third-order valence-electron chi connectivity index (χ3n) is 3.97. The lowest BCUT2D eigenvalue weighted by Crippen LogP contribution is -2.44. The molecule has 1 aromatic rings. The molecule has 1 aliphatic rings. The molecule has 0 aliphatic heterocycles. The highest BCUT2D eigenvalue weighted by Gasteiger charge is 2.15. The van der Waals surface area contributed by atoms with E-state index < -0.39 is 6.10 Å². The van der Waals surface area contributed by atoms with Crippen LogP contribution in [-0.4, -0.2) is 30.2 Å². The van der Waals surface area contributed by atoms with Gasteiger partial charge in [0, 0.05) is 12.6 Å². The predicted octanol–water partition coefficient (Wildman–Crippen LogP) is 2.75. The third-order valence-corrected chi connectivity index (χ3v) is 3.97. The van der Waals surface area contributed by atoms with Crippen molar-refractivity contribution in [3.05, 3.63) is 35.6 Å². The van der Waals surface area contributed by atoms with Gasteiger partial charge < -0.3 is 15.7 Å². The van der Waals surface area contributed by atoms with Crippen LogP contribution in [-0.2, 0) is 0 Å². The van der Waals surface area contributed by atoms with Gasteiger partial charge in [0.1, 0.15) is 5.82 Å². The molecule has 0 aromatic heterocycles. The van der Waals surface area contributed by atoms with Gasteiger partial charge in [0.25, 0.3) is 0 Å². The molecule has 0 amide bonds. The Hall–Kier alpha value is -1.62. The predicted molar refractivity (Wildman–Crippen MR) is 87.3 cm³/mol. The Labute approximate surface area is 131 Å². The molecule has 4 nitrogen and oxygen atoms in total. The highest BCUT2D eigenvalue weighted by molar-refractivity contribution is 5.80. The van der Waals surface area contributed by atoms with E-state index in [0.717, 1.165) is 12.5 Å². The van der Waals surface area contributed by atoms with Gasteiger partial charge in [-0.15, -0.1) is 0 Å². The van der Waals surface area contributed by atoms with E-state index in [2.05, 4.69) is 15.6 Å². The number of guanidine groups is 1. The second-order valence-corrected chi connectivity index (χ2v) is 5.77. The molecular formula is C17H26FN3O. The third kappa shape index (κ3) is 5.30. The molecule has 0 saturated heterocycles. The number of rotatable bonds is 5.